The Morgan fingerprint density at radius 1 is 1.24 bits per heavy atom. The van der Waals surface area contributed by atoms with Gasteiger partial charge in [0.25, 0.3) is 0 Å². The Bertz CT molecular complexity index is 828. The molecule has 1 aromatic carbocycles. The molecule has 1 aliphatic carbocycles. The quantitative estimate of drug-likeness (QED) is 0.876. The summed E-state index contributed by atoms with van der Waals surface area (Å²) in [7, 11) is 1.99. The van der Waals surface area contributed by atoms with Crippen molar-refractivity contribution in [1.82, 2.24) is 15.2 Å². The molecule has 1 saturated heterocycles. The number of aryl methyl sites for hydroxylation is 1. The van der Waals surface area contributed by atoms with Crippen LogP contribution in [0, 0.1) is 5.92 Å². The molecule has 1 aromatic heterocycles. The summed E-state index contributed by atoms with van der Waals surface area (Å²) in [5.74, 6) is 0.197. The zero-order valence-corrected chi connectivity index (χ0v) is 14.5. The molecule has 4 atom stereocenters. The van der Waals surface area contributed by atoms with Crippen molar-refractivity contribution >= 4 is 22.7 Å². The normalized spacial score (nSPS) is 27.6. The smallest absolute Gasteiger partial charge is 0.224 e. The van der Waals surface area contributed by atoms with Gasteiger partial charge in [-0.1, -0.05) is 18.2 Å². The van der Waals surface area contributed by atoms with Gasteiger partial charge in [0.2, 0.25) is 11.8 Å². The molecule has 2 N–H and O–H groups in total. The number of rotatable bonds is 4. The average molecular weight is 341 g/mol. The molecule has 0 radical (unpaired) electrons. The predicted octanol–water partition coefficient (Wildman–Crippen LogP) is 1.13. The van der Waals surface area contributed by atoms with Crippen LogP contribution in [0.3, 0.4) is 0 Å². The number of nitrogens with zero attached hydrogens (tertiary/aromatic N) is 1. The van der Waals surface area contributed by atoms with Crippen LogP contribution in [-0.2, 0) is 27.8 Å². The lowest BCUT2D eigenvalue weighted by atomic mass is 9.71. The van der Waals surface area contributed by atoms with Crippen molar-refractivity contribution < 1.29 is 14.3 Å². The van der Waals surface area contributed by atoms with Crippen LogP contribution in [0.15, 0.2) is 30.5 Å². The molecule has 2 aromatic rings. The largest absolute Gasteiger partial charge is 0.376 e. The van der Waals surface area contributed by atoms with Crippen LogP contribution in [-0.4, -0.2) is 41.2 Å². The summed E-state index contributed by atoms with van der Waals surface area (Å²) in [6.45, 7) is 2.19. The fraction of sp³-hybridized carbons (Fsp3) is 0.474. The number of benzene rings is 1. The standard InChI is InChI=1S/C19H23N3O3/c1-11(23)20-18-17(14-7-8-25-19(14)18)21-16(24)9-12-10-22(2)15-6-4-3-5-13(12)15/h3-6,10,14,17-19H,7-9H2,1-2H3,(H,20,23)(H,21,24)/t14-,17+,18-,19-/m1/s1. The highest BCUT2D eigenvalue weighted by Crippen LogP contribution is 2.39. The van der Waals surface area contributed by atoms with Gasteiger partial charge in [0.15, 0.2) is 0 Å². The minimum Gasteiger partial charge on any atom is -0.376 e. The molecule has 0 bridgehead atoms. The third kappa shape index (κ3) is 2.80. The average Bonchev–Trinajstić information content (AvgIpc) is 3.14. The van der Waals surface area contributed by atoms with Crippen molar-refractivity contribution in [2.24, 2.45) is 13.0 Å². The summed E-state index contributed by atoms with van der Waals surface area (Å²) in [5.41, 5.74) is 2.14. The van der Waals surface area contributed by atoms with E-state index in [1.165, 1.54) is 6.92 Å². The van der Waals surface area contributed by atoms with Crippen molar-refractivity contribution in [2.45, 2.75) is 38.0 Å². The van der Waals surface area contributed by atoms with E-state index < -0.39 is 0 Å². The van der Waals surface area contributed by atoms with Crippen LogP contribution < -0.4 is 10.6 Å². The van der Waals surface area contributed by atoms with E-state index in [4.69, 9.17) is 4.74 Å². The number of hydrogen-bond acceptors (Lipinski definition) is 3. The van der Waals surface area contributed by atoms with Crippen molar-refractivity contribution in [1.29, 1.82) is 0 Å². The number of fused-ring (bicyclic) bond motifs is 2. The highest BCUT2D eigenvalue weighted by molar-refractivity contribution is 5.89. The minimum atomic E-state index is -0.124. The molecular weight excluding hydrogens is 318 g/mol. The molecular formula is C19H23N3O3. The highest BCUT2D eigenvalue weighted by atomic mass is 16.5. The summed E-state index contributed by atoms with van der Waals surface area (Å²) in [5, 5.41) is 7.15. The maximum absolute atomic E-state index is 12.6. The predicted molar refractivity (Wildman–Crippen MR) is 94.0 cm³/mol. The number of amides is 2. The van der Waals surface area contributed by atoms with Crippen molar-refractivity contribution in [3.63, 3.8) is 0 Å². The molecule has 2 amide bonds. The van der Waals surface area contributed by atoms with Gasteiger partial charge in [0.1, 0.15) is 0 Å². The van der Waals surface area contributed by atoms with Crippen LogP contribution in [0.4, 0.5) is 0 Å². The van der Waals surface area contributed by atoms with Gasteiger partial charge < -0.3 is 19.9 Å². The van der Waals surface area contributed by atoms with E-state index in [2.05, 4.69) is 16.7 Å². The van der Waals surface area contributed by atoms with Gasteiger partial charge in [-0.05, 0) is 18.1 Å². The van der Waals surface area contributed by atoms with E-state index in [-0.39, 0.29) is 30.0 Å². The lowest BCUT2D eigenvalue weighted by Gasteiger charge is -2.47. The summed E-state index contributed by atoms with van der Waals surface area (Å²) >= 11 is 0. The highest BCUT2D eigenvalue weighted by Gasteiger charge is 2.54. The molecule has 6 heteroatoms. The maximum Gasteiger partial charge on any atom is 0.224 e. The number of carbonyl (C=O) groups is 2. The first-order valence-electron chi connectivity index (χ1n) is 8.75. The summed E-state index contributed by atoms with van der Waals surface area (Å²) in [6.07, 6.45) is 3.31. The van der Waals surface area contributed by atoms with E-state index in [9.17, 15) is 9.59 Å². The number of nitrogens with one attached hydrogen (secondary N) is 2. The Kier molecular flexibility index (Phi) is 4.00. The monoisotopic (exact) mass is 341 g/mol. The Morgan fingerprint density at radius 3 is 2.84 bits per heavy atom. The van der Waals surface area contributed by atoms with Crippen LogP contribution >= 0.6 is 0 Å². The summed E-state index contributed by atoms with van der Waals surface area (Å²) in [6, 6.07) is 7.92. The summed E-state index contributed by atoms with van der Waals surface area (Å²) < 4.78 is 7.73. The van der Waals surface area contributed by atoms with Crippen molar-refractivity contribution in [3.8, 4) is 0 Å². The second kappa shape index (κ2) is 6.19. The molecule has 25 heavy (non-hydrogen) atoms. The van der Waals surface area contributed by atoms with Gasteiger partial charge >= 0.3 is 0 Å². The fourth-order valence-electron chi connectivity index (χ4n) is 4.29. The van der Waals surface area contributed by atoms with E-state index in [1.54, 1.807) is 0 Å². The summed E-state index contributed by atoms with van der Waals surface area (Å²) in [4.78, 5) is 24.0. The van der Waals surface area contributed by atoms with Crippen molar-refractivity contribution in [2.75, 3.05) is 6.61 Å². The minimum absolute atomic E-state index is 0.0120. The van der Waals surface area contributed by atoms with Gasteiger partial charge in [-0.2, -0.15) is 0 Å². The molecule has 2 fully saturated rings. The second-order valence-electron chi connectivity index (χ2n) is 7.07. The molecule has 4 rings (SSSR count). The fourth-order valence-corrected chi connectivity index (χ4v) is 4.29. The third-order valence-electron chi connectivity index (χ3n) is 5.41. The SMILES string of the molecule is CC(=O)N[C@@H]1[C@@H](NC(=O)Cc2cn(C)c3ccccc23)[C@H]2CCO[C@H]21. The molecule has 132 valence electrons. The topological polar surface area (TPSA) is 72.4 Å². The van der Waals surface area contributed by atoms with Gasteiger partial charge in [-0.25, -0.2) is 0 Å². The zero-order valence-electron chi connectivity index (χ0n) is 14.5. The van der Waals surface area contributed by atoms with Gasteiger partial charge in [0.05, 0.1) is 24.6 Å². The number of aromatic nitrogens is 1. The Morgan fingerprint density at radius 2 is 2.04 bits per heavy atom. The number of carbonyl (C=O) groups excluding carboxylic acids is 2. The molecule has 1 saturated carbocycles. The van der Waals surface area contributed by atoms with Crippen LogP contribution in [0.25, 0.3) is 10.9 Å². The third-order valence-corrected chi connectivity index (χ3v) is 5.41. The molecule has 2 aliphatic rings. The van der Waals surface area contributed by atoms with Crippen molar-refractivity contribution in [3.05, 3.63) is 36.0 Å². The molecule has 6 nitrogen and oxygen atoms in total. The first kappa shape index (κ1) is 16.1. The second-order valence-corrected chi connectivity index (χ2v) is 7.07. The van der Waals surface area contributed by atoms with Crippen LogP contribution in [0.2, 0.25) is 0 Å². The van der Waals surface area contributed by atoms with Crippen LogP contribution in [0.1, 0.15) is 18.9 Å². The Labute approximate surface area is 146 Å². The maximum atomic E-state index is 12.6. The van der Waals surface area contributed by atoms with Gasteiger partial charge in [-0.15, -0.1) is 0 Å². The Hall–Kier alpha value is -2.34. The van der Waals surface area contributed by atoms with Crippen LogP contribution in [0.5, 0.6) is 0 Å². The molecule has 0 spiro atoms. The first-order valence-corrected chi connectivity index (χ1v) is 8.75. The van der Waals surface area contributed by atoms with Gasteiger partial charge in [0, 0.05) is 43.6 Å². The zero-order chi connectivity index (χ0) is 17.6. The van der Waals surface area contributed by atoms with E-state index in [0.717, 1.165) is 22.9 Å². The first-order chi connectivity index (χ1) is 12.0. The van der Waals surface area contributed by atoms with E-state index in [0.29, 0.717) is 18.9 Å². The van der Waals surface area contributed by atoms with Gasteiger partial charge in [-0.3, -0.25) is 9.59 Å². The lowest BCUT2D eigenvalue weighted by Crippen LogP contribution is -2.70. The number of ether oxygens (including phenoxy) is 1. The molecule has 0 unspecified atom stereocenters. The molecule has 1 aliphatic heterocycles. The number of para-hydroxylation sites is 1. The number of hydrogen-bond donors (Lipinski definition) is 2. The van der Waals surface area contributed by atoms with E-state index in [1.807, 2.05) is 36.0 Å². The van der Waals surface area contributed by atoms with E-state index >= 15 is 0 Å². The molecule has 2 heterocycles. The lowest BCUT2D eigenvalue weighted by molar-refractivity contribution is -0.129. The Balaban J connectivity index is 1.47.